The Labute approximate surface area is 204 Å². The predicted molar refractivity (Wildman–Crippen MR) is 130 cm³/mol. The van der Waals surface area contributed by atoms with Crippen LogP contribution in [0.4, 0.5) is 0 Å². The molecule has 0 bridgehead atoms. The molecule has 0 aliphatic heterocycles. The van der Waals surface area contributed by atoms with Crippen molar-refractivity contribution in [3.63, 3.8) is 0 Å². The molecule has 5 nitrogen and oxygen atoms in total. The molecule has 1 aromatic carbocycles. The second-order valence-corrected chi connectivity index (χ2v) is 13.7. The molecule has 186 valence electrons. The Kier molecular flexibility index (Phi) is 5.87. The lowest BCUT2D eigenvalue weighted by atomic mass is 9.44. The number of hydrogen-bond donors (Lipinski definition) is 0. The topological polar surface area (TPSA) is 77.5 Å². The van der Waals surface area contributed by atoms with E-state index in [2.05, 4.69) is 13.8 Å². The molecule has 0 N–H and O–H groups in total. The van der Waals surface area contributed by atoms with Crippen molar-refractivity contribution in [2.75, 3.05) is 0 Å². The summed E-state index contributed by atoms with van der Waals surface area (Å²) in [6.45, 7) is 8.09. The Morgan fingerprint density at radius 2 is 1.71 bits per heavy atom. The quantitative estimate of drug-likeness (QED) is 0.526. The first-order valence-corrected chi connectivity index (χ1v) is 14.4. The van der Waals surface area contributed by atoms with Gasteiger partial charge in [-0.2, -0.15) is 8.42 Å². The molecule has 4 fully saturated rings. The number of hydrogen-bond acceptors (Lipinski definition) is 5. The van der Waals surface area contributed by atoms with E-state index in [1.54, 1.807) is 31.2 Å². The van der Waals surface area contributed by atoms with Gasteiger partial charge in [-0.05, 0) is 99.5 Å². The van der Waals surface area contributed by atoms with Crippen molar-refractivity contribution in [3.8, 4) is 0 Å². The number of aryl methyl sites for hydroxylation is 1. The van der Waals surface area contributed by atoms with E-state index in [-0.39, 0.29) is 39.4 Å². The van der Waals surface area contributed by atoms with Crippen LogP contribution in [0.3, 0.4) is 0 Å². The fourth-order valence-corrected chi connectivity index (χ4v) is 9.84. The van der Waals surface area contributed by atoms with Crippen molar-refractivity contribution in [1.82, 2.24) is 0 Å². The minimum Gasteiger partial charge on any atom is -0.300 e. The molecular weight excluding hydrogens is 448 g/mol. The average molecular weight is 487 g/mol. The van der Waals surface area contributed by atoms with Gasteiger partial charge in [-0.1, -0.05) is 31.5 Å². The highest BCUT2D eigenvalue weighted by atomic mass is 32.2. The fraction of sp³-hybridized carbons (Fsp3) is 0.714. The van der Waals surface area contributed by atoms with Crippen molar-refractivity contribution < 1.29 is 22.2 Å². The Morgan fingerprint density at radius 1 is 1.00 bits per heavy atom. The first kappa shape index (κ1) is 24.2. The molecule has 0 unspecified atom stereocenters. The van der Waals surface area contributed by atoms with E-state index in [4.69, 9.17) is 4.18 Å². The third-order valence-corrected chi connectivity index (χ3v) is 11.7. The van der Waals surface area contributed by atoms with Gasteiger partial charge in [0.05, 0.1) is 11.0 Å². The summed E-state index contributed by atoms with van der Waals surface area (Å²) >= 11 is 0. The lowest BCUT2D eigenvalue weighted by Gasteiger charge is -2.59. The summed E-state index contributed by atoms with van der Waals surface area (Å²) in [5, 5.41) is 0. The van der Waals surface area contributed by atoms with Crippen LogP contribution < -0.4 is 0 Å². The number of fused-ring (bicyclic) bond motifs is 5. The number of ketones is 2. The van der Waals surface area contributed by atoms with Gasteiger partial charge < -0.3 is 0 Å². The smallest absolute Gasteiger partial charge is 0.297 e. The third kappa shape index (κ3) is 3.71. The van der Waals surface area contributed by atoms with Crippen molar-refractivity contribution >= 4 is 21.7 Å². The molecule has 8 atom stereocenters. The van der Waals surface area contributed by atoms with Crippen molar-refractivity contribution in [2.24, 2.45) is 40.4 Å². The largest absolute Gasteiger partial charge is 0.300 e. The average Bonchev–Trinajstić information content (AvgIpc) is 3.10. The van der Waals surface area contributed by atoms with Crippen LogP contribution in [-0.2, 0) is 23.9 Å². The molecule has 0 saturated heterocycles. The van der Waals surface area contributed by atoms with Crippen LogP contribution in [0.2, 0.25) is 0 Å². The molecule has 6 heteroatoms. The van der Waals surface area contributed by atoms with Gasteiger partial charge in [0.15, 0.2) is 0 Å². The summed E-state index contributed by atoms with van der Waals surface area (Å²) in [5.74, 6) is 1.72. The van der Waals surface area contributed by atoms with Crippen molar-refractivity contribution in [3.05, 3.63) is 29.8 Å². The van der Waals surface area contributed by atoms with Crippen LogP contribution in [0.1, 0.15) is 77.7 Å². The van der Waals surface area contributed by atoms with Gasteiger partial charge in [0.1, 0.15) is 11.6 Å². The second kappa shape index (κ2) is 8.26. The monoisotopic (exact) mass is 486 g/mol. The van der Waals surface area contributed by atoms with Gasteiger partial charge in [0, 0.05) is 18.3 Å². The first-order chi connectivity index (χ1) is 16.0. The maximum absolute atomic E-state index is 13.7. The Morgan fingerprint density at radius 3 is 2.38 bits per heavy atom. The summed E-state index contributed by atoms with van der Waals surface area (Å²) in [4.78, 5) is 26.3. The van der Waals surface area contributed by atoms with Crippen LogP contribution in [0, 0.1) is 47.3 Å². The lowest BCUT2D eigenvalue weighted by molar-refractivity contribution is -0.161. The van der Waals surface area contributed by atoms with Crippen LogP contribution in [0.5, 0.6) is 0 Å². The molecule has 4 aliphatic carbocycles. The van der Waals surface area contributed by atoms with E-state index in [9.17, 15) is 18.0 Å². The molecule has 4 aliphatic rings. The third-order valence-electron chi connectivity index (χ3n) is 10.4. The molecule has 0 radical (unpaired) electrons. The van der Waals surface area contributed by atoms with Crippen LogP contribution >= 0.6 is 0 Å². The number of benzene rings is 1. The zero-order valence-corrected chi connectivity index (χ0v) is 21.7. The molecule has 34 heavy (non-hydrogen) atoms. The van der Waals surface area contributed by atoms with E-state index in [1.807, 2.05) is 6.92 Å². The molecule has 0 aromatic heterocycles. The standard InChI is InChI=1S/C28H38O5S/c1-17-5-8-21(9-6-17)34(31,32)33-20-13-14-27(3)19(15-20)7-10-22-24-12-11-23(18(2)29)28(24,4)16-25(30)26(22)27/h5-6,8-9,19-20,22-24,26H,7,10-16H2,1-4H3/t19-,20-,22-,23+,24-,26+,27-,28+/m0/s1. The van der Waals surface area contributed by atoms with Crippen molar-refractivity contribution in [2.45, 2.75) is 90.1 Å². The van der Waals surface area contributed by atoms with Gasteiger partial charge in [-0.15, -0.1) is 0 Å². The normalized spacial score (nSPS) is 41.9. The molecule has 0 spiro atoms. The zero-order valence-electron chi connectivity index (χ0n) is 20.9. The second-order valence-electron chi connectivity index (χ2n) is 12.2. The summed E-state index contributed by atoms with van der Waals surface area (Å²) in [5.41, 5.74) is 0.716. The molecule has 0 amide bonds. The van der Waals surface area contributed by atoms with E-state index in [1.165, 1.54) is 0 Å². The minimum atomic E-state index is -3.80. The lowest BCUT2D eigenvalue weighted by Crippen LogP contribution is -2.58. The molecule has 1 aromatic rings. The van der Waals surface area contributed by atoms with Gasteiger partial charge in [0.2, 0.25) is 0 Å². The van der Waals surface area contributed by atoms with Crippen LogP contribution in [-0.4, -0.2) is 26.1 Å². The summed E-state index contributed by atoms with van der Waals surface area (Å²) in [6.07, 6.45) is 6.33. The summed E-state index contributed by atoms with van der Waals surface area (Å²) in [6, 6.07) is 6.79. The van der Waals surface area contributed by atoms with Crippen LogP contribution in [0.15, 0.2) is 29.2 Å². The maximum Gasteiger partial charge on any atom is 0.297 e. The minimum absolute atomic E-state index is 0.0176. The van der Waals surface area contributed by atoms with E-state index >= 15 is 0 Å². The van der Waals surface area contributed by atoms with Gasteiger partial charge in [0.25, 0.3) is 10.1 Å². The highest BCUT2D eigenvalue weighted by Gasteiger charge is 2.63. The Hall–Kier alpha value is -1.53. The summed E-state index contributed by atoms with van der Waals surface area (Å²) in [7, 11) is -3.80. The van der Waals surface area contributed by atoms with Crippen molar-refractivity contribution in [1.29, 1.82) is 0 Å². The van der Waals surface area contributed by atoms with Crippen LogP contribution in [0.25, 0.3) is 0 Å². The van der Waals surface area contributed by atoms with Gasteiger partial charge in [-0.25, -0.2) is 0 Å². The maximum atomic E-state index is 13.7. The highest BCUT2D eigenvalue weighted by molar-refractivity contribution is 7.86. The number of rotatable bonds is 4. The number of carbonyl (C=O) groups excluding carboxylic acids is 2. The highest BCUT2D eigenvalue weighted by Crippen LogP contribution is 2.66. The summed E-state index contributed by atoms with van der Waals surface area (Å²) < 4.78 is 31.5. The Bertz CT molecular complexity index is 1090. The first-order valence-electron chi connectivity index (χ1n) is 13.0. The molecule has 5 rings (SSSR count). The van der Waals surface area contributed by atoms with E-state index in [0.29, 0.717) is 42.8 Å². The molecule has 4 saturated carbocycles. The van der Waals surface area contributed by atoms with E-state index < -0.39 is 10.1 Å². The number of Topliss-reactive ketones (excluding diaryl/α,β-unsaturated/α-hetero) is 2. The number of carbonyl (C=O) groups is 2. The van der Waals surface area contributed by atoms with Gasteiger partial charge in [-0.3, -0.25) is 13.8 Å². The SMILES string of the molecule is CC(=O)[C@H]1CC[C@H]2[C@@H]3CC[C@H]4C[C@@H](OS(=O)(=O)c5ccc(C)cc5)CC[C@]4(C)[C@H]3C(=O)C[C@]12C. The fourth-order valence-electron chi connectivity index (χ4n) is 8.73. The zero-order chi connectivity index (χ0) is 24.5. The molecule has 0 heterocycles. The van der Waals surface area contributed by atoms with E-state index in [0.717, 1.165) is 37.7 Å². The van der Waals surface area contributed by atoms with Gasteiger partial charge >= 0.3 is 0 Å². The predicted octanol–water partition coefficient (Wildman–Crippen LogP) is 5.50. The Balaban J connectivity index is 1.34. The molecular formula is C28H38O5S.